The molecular formula is C27H28Cl2N3O7S3+. The second-order valence-corrected chi connectivity index (χ2v) is 14.4. The number of carboxylic acids is 2. The molecule has 10 nitrogen and oxygen atoms in total. The standard InChI is InChI=1S/C27H27Cl2N3O7S3/c1-14(33)32(42-19-10-16(28)4-5-18(19)29)21-23(35)31-20(25(36)37)15(12-41-24(21)31)11-40-17-6-8-30(9-7-17)13-27(2,3)22(34)26(38)39/h4-10,21-22,24,34H,11-13H2,1-3H3,(H-,36,37,38,39)/p+1/t21-,22+,24+/m0/s1. The zero-order valence-corrected chi connectivity index (χ0v) is 26.7. The molecule has 1 aromatic carbocycles. The first-order valence-electron chi connectivity index (χ1n) is 12.6. The molecule has 1 aromatic heterocycles. The number of fused-ring (bicyclic) bond motifs is 1. The molecule has 4 rings (SSSR count). The lowest BCUT2D eigenvalue weighted by atomic mass is 9.86. The Kier molecular flexibility index (Phi) is 10.1. The molecule has 2 aliphatic rings. The number of thioether (sulfide) groups is 2. The van der Waals surface area contributed by atoms with Gasteiger partial charge in [0.1, 0.15) is 11.1 Å². The number of rotatable bonds is 11. The predicted molar refractivity (Wildman–Crippen MR) is 161 cm³/mol. The SMILES string of the molecule is CC(=O)N(Sc1cc(Cl)ccc1Cl)[C@H]1C(=O)N2C(C(=O)O)=C(CSc3cc[n+](CC(C)(C)[C@H](O)C(=O)O)cc3)CS[C@H]12. The highest BCUT2D eigenvalue weighted by molar-refractivity contribution is 8.01. The number of halogens is 2. The number of carbonyl (C=O) groups excluding carboxylic acids is 2. The molecule has 0 unspecified atom stereocenters. The van der Waals surface area contributed by atoms with Crippen molar-refractivity contribution in [1.29, 1.82) is 0 Å². The van der Waals surface area contributed by atoms with Gasteiger partial charge in [0.15, 0.2) is 31.1 Å². The number of benzene rings is 1. The Morgan fingerprint density at radius 2 is 1.86 bits per heavy atom. The number of amides is 2. The van der Waals surface area contributed by atoms with Crippen LogP contribution in [-0.2, 0) is 25.7 Å². The summed E-state index contributed by atoms with van der Waals surface area (Å²) in [4.78, 5) is 52.0. The summed E-state index contributed by atoms with van der Waals surface area (Å²) >= 11 is 16.2. The summed E-state index contributed by atoms with van der Waals surface area (Å²) < 4.78 is 3.09. The average Bonchev–Trinajstić information content (AvgIpc) is 2.92. The average molecular weight is 674 g/mol. The molecule has 15 heteroatoms. The van der Waals surface area contributed by atoms with Crippen LogP contribution >= 0.6 is 58.7 Å². The second kappa shape index (κ2) is 13.1. The molecule has 3 atom stereocenters. The van der Waals surface area contributed by atoms with Crippen molar-refractivity contribution in [2.75, 3.05) is 11.5 Å². The van der Waals surface area contributed by atoms with Gasteiger partial charge in [0, 0.05) is 45.4 Å². The van der Waals surface area contributed by atoms with E-state index in [-0.39, 0.29) is 18.1 Å². The van der Waals surface area contributed by atoms with Crippen LogP contribution in [0.2, 0.25) is 10.0 Å². The molecule has 3 N–H and O–H groups in total. The van der Waals surface area contributed by atoms with E-state index in [1.54, 1.807) is 49.0 Å². The van der Waals surface area contributed by atoms with Crippen molar-refractivity contribution in [3.05, 3.63) is 64.0 Å². The maximum atomic E-state index is 13.3. The lowest BCUT2D eigenvalue weighted by Crippen LogP contribution is -2.70. The van der Waals surface area contributed by atoms with Crippen LogP contribution in [0.25, 0.3) is 0 Å². The van der Waals surface area contributed by atoms with E-state index in [1.807, 2.05) is 12.1 Å². The largest absolute Gasteiger partial charge is 0.479 e. The van der Waals surface area contributed by atoms with E-state index in [2.05, 4.69) is 0 Å². The van der Waals surface area contributed by atoms with Gasteiger partial charge in [-0.2, -0.15) is 0 Å². The molecule has 2 aliphatic heterocycles. The first-order valence-corrected chi connectivity index (χ1v) is 16.1. The fraction of sp³-hybridized carbons (Fsp3) is 0.370. The number of aliphatic hydroxyl groups is 1. The van der Waals surface area contributed by atoms with Crippen LogP contribution in [0, 0.1) is 5.41 Å². The van der Waals surface area contributed by atoms with Crippen molar-refractivity contribution < 1.29 is 39.1 Å². The van der Waals surface area contributed by atoms with Gasteiger partial charge in [0.25, 0.3) is 5.91 Å². The highest BCUT2D eigenvalue weighted by Gasteiger charge is 2.57. The highest BCUT2D eigenvalue weighted by atomic mass is 35.5. The van der Waals surface area contributed by atoms with Crippen LogP contribution in [0.15, 0.2) is 63.8 Å². The summed E-state index contributed by atoms with van der Waals surface area (Å²) in [6.07, 6.45) is 2.01. The Morgan fingerprint density at radius 1 is 1.19 bits per heavy atom. The van der Waals surface area contributed by atoms with E-state index < -0.39 is 40.8 Å². The van der Waals surface area contributed by atoms with Gasteiger partial charge in [-0.05, 0) is 35.7 Å². The maximum Gasteiger partial charge on any atom is 0.352 e. The number of nitrogens with zero attached hydrogens (tertiary/aromatic N) is 3. The number of pyridine rings is 1. The van der Waals surface area contributed by atoms with Crippen LogP contribution in [0.5, 0.6) is 0 Å². The van der Waals surface area contributed by atoms with E-state index in [9.17, 15) is 29.4 Å². The number of aromatic nitrogens is 1. The summed E-state index contributed by atoms with van der Waals surface area (Å²) in [7, 11) is 0. The van der Waals surface area contributed by atoms with E-state index in [0.717, 1.165) is 16.8 Å². The van der Waals surface area contributed by atoms with Gasteiger partial charge in [-0.1, -0.05) is 37.0 Å². The number of aliphatic hydroxyl groups excluding tert-OH is 1. The molecule has 42 heavy (non-hydrogen) atoms. The topological polar surface area (TPSA) is 139 Å². The van der Waals surface area contributed by atoms with Crippen molar-refractivity contribution in [2.24, 2.45) is 5.41 Å². The van der Waals surface area contributed by atoms with Crippen molar-refractivity contribution in [2.45, 2.75) is 54.6 Å². The summed E-state index contributed by atoms with van der Waals surface area (Å²) in [6, 6.07) is 7.58. The smallest absolute Gasteiger partial charge is 0.352 e. The maximum absolute atomic E-state index is 13.3. The molecule has 2 aromatic rings. The van der Waals surface area contributed by atoms with Crippen LogP contribution in [0.1, 0.15) is 20.8 Å². The van der Waals surface area contributed by atoms with Crippen molar-refractivity contribution >= 4 is 82.4 Å². The van der Waals surface area contributed by atoms with E-state index >= 15 is 0 Å². The Hall–Kier alpha value is -2.42. The minimum Gasteiger partial charge on any atom is -0.479 e. The molecule has 0 radical (unpaired) electrons. The third-order valence-corrected chi connectivity index (χ3v) is 11.0. The van der Waals surface area contributed by atoms with Gasteiger partial charge in [-0.3, -0.25) is 18.8 Å². The summed E-state index contributed by atoms with van der Waals surface area (Å²) in [5, 5.41) is 29.4. The molecule has 1 fully saturated rings. The first kappa shape index (κ1) is 32.5. The van der Waals surface area contributed by atoms with E-state index in [1.165, 1.54) is 39.7 Å². The monoisotopic (exact) mass is 672 g/mol. The van der Waals surface area contributed by atoms with Crippen molar-refractivity contribution in [1.82, 2.24) is 9.21 Å². The van der Waals surface area contributed by atoms with Gasteiger partial charge < -0.3 is 15.3 Å². The van der Waals surface area contributed by atoms with Gasteiger partial charge in [-0.15, -0.1) is 23.5 Å². The molecule has 224 valence electrons. The quantitative estimate of drug-likeness (QED) is 0.139. The van der Waals surface area contributed by atoms with Crippen molar-refractivity contribution in [3.63, 3.8) is 0 Å². The Morgan fingerprint density at radius 3 is 2.45 bits per heavy atom. The summed E-state index contributed by atoms with van der Waals surface area (Å²) in [6.45, 7) is 4.94. The summed E-state index contributed by atoms with van der Waals surface area (Å²) in [5.74, 6) is -2.67. The fourth-order valence-electron chi connectivity index (χ4n) is 4.53. The number of β-lactam (4-membered cyclic amide) rings is 1. The minimum atomic E-state index is -1.52. The van der Waals surface area contributed by atoms with Crippen LogP contribution < -0.4 is 4.57 Å². The van der Waals surface area contributed by atoms with E-state index in [0.29, 0.717) is 32.0 Å². The number of hydrogen-bond acceptors (Lipinski definition) is 8. The molecule has 1 saturated heterocycles. The molecule has 2 amide bonds. The second-order valence-electron chi connectivity index (χ2n) is 10.3. The highest BCUT2D eigenvalue weighted by Crippen LogP contribution is 2.46. The zero-order chi connectivity index (χ0) is 30.9. The normalized spacial score (nSPS) is 19.2. The van der Waals surface area contributed by atoms with Crippen molar-refractivity contribution in [3.8, 4) is 0 Å². The third kappa shape index (κ3) is 6.87. The predicted octanol–water partition coefficient (Wildman–Crippen LogP) is 4.02. The number of hydrogen-bond donors (Lipinski definition) is 3. The number of carboxylic acid groups (broad SMARTS) is 2. The Balaban J connectivity index is 1.47. The first-order chi connectivity index (χ1) is 19.7. The third-order valence-electron chi connectivity index (χ3n) is 6.71. The summed E-state index contributed by atoms with van der Waals surface area (Å²) in [5.41, 5.74) is -0.388. The van der Waals surface area contributed by atoms with Gasteiger partial charge >= 0.3 is 11.9 Å². The molecule has 0 bridgehead atoms. The Bertz CT molecular complexity index is 1450. The Labute approximate surface area is 265 Å². The van der Waals surface area contributed by atoms with Crippen LogP contribution in [0.3, 0.4) is 0 Å². The fourth-order valence-corrected chi connectivity index (χ4v) is 8.48. The molecule has 3 heterocycles. The molecular weight excluding hydrogens is 645 g/mol. The van der Waals surface area contributed by atoms with Gasteiger partial charge in [0.2, 0.25) is 5.91 Å². The van der Waals surface area contributed by atoms with Crippen LogP contribution in [-0.4, -0.2) is 77.3 Å². The lowest BCUT2D eigenvalue weighted by Gasteiger charge is -2.52. The minimum absolute atomic E-state index is 0.0720. The lowest BCUT2D eigenvalue weighted by molar-refractivity contribution is -0.710. The van der Waals surface area contributed by atoms with Crippen LogP contribution in [0.4, 0.5) is 0 Å². The molecule has 0 saturated carbocycles. The zero-order valence-electron chi connectivity index (χ0n) is 22.7. The van der Waals surface area contributed by atoms with Gasteiger partial charge in [0.05, 0.1) is 10.4 Å². The molecule has 0 spiro atoms. The van der Waals surface area contributed by atoms with E-state index in [4.69, 9.17) is 28.3 Å². The number of aliphatic carboxylic acids is 2. The number of carbonyl (C=O) groups is 4. The molecule has 0 aliphatic carbocycles. The van der Waals surface area contributed by atoms with Gasteiger partial charge in [-0.25, -0.2) is 14.2 Å².